The molecule has 0 aliphatic carbocycles. The molecular formula is C15H11NO5. The van der Waals surface area contributed by atoms with E-state index in [2.05, 4.69) is 0 Å². The smallest absolute Gasteiger partial charge is 0.338 e. The summed E-state index contributed by atoms with van der Waals surface area (Å²) in [5.41, 5.74) is 0.756. The molecule has 0 atom stereocenters. The zero-order valence-electron chi connectivity index (χ0n) is 10.9. The number of nitrogens with zero attached hydrogens (tertiary/aromatic N) is 1. The lowest BCUT2D eigenvalue weighted by molar-refractivity contribution is -0.384. The van der Waals surface area contributed by atoms with E-state index in [1.54, 1.807) is 30.3 Å². The van der Waals surface area contributed by atoms with Crippen molar-refractivity contribution in [3.63, 3.8) is 0 Å². The maximum absolute atomic E-state index is 11.8. The summed E-state index contributed by atoms with van der Waals surface area (Å²) in [4.78, 5) is 32.9. The van der Waals surface area contributed by atoms with Gasteiger partial charge in [-0.15, -0.1) is 0 Å². The zero-order chi connectivity index (χ0) is 15.2. The average Bonchev–Trinajstić information content (AvgIpc) is 2.53. The number of carbonyl (C=O) groups excluding carboxylic acids is 2. The Hall–Kier alpha value is -3.02. The molecule has 0 aromatic heterocycles. The van der Waals surface area contributed by atoms with Crippen LogP contribution in [0.2, 0.25) is 0 Å². The molecule has 0 radical (unpaired) electrons. The Morgan fingerprint density at radius 3 is 2.52 bits per heavy atom. The topological polar surface area (TPSA) is 86.5 Å². The SMILES string of the molecule is O=Cc1ccc([N+](=O)[O-])cc1COC(=O)c1ccccc1. The van der Waals surface area contributed by atoms with Crippen molar-refractivity contribution in [2.45, 2.75) is 6.61 Å². The van der Waals surface area contributed by atoms with Gasteiger partial charge in [0.25, 0.3) is 5.69 Å². The fourth-order valence-electron chi connectivity index (χ4n) is 1.75. The number of carbonyl (C=O) groups is 2. The molecule has 0 unspecified atom stereocenters. The summed E-state index contributed by atoms with van der Waals surface area (Å²) in [5.74, 6) is -0.557. The molecule has 0 fully saturated rings. The van der Waals surface area contributed by atoms with Crippen LogP contribution in [0.4, 0.5) is 5.69 Å². The van der Waals surface area contributed by atoms with E-state index in [0.29, 0.717) is 17.4 Å². The van der Waals surface area contributed by atoms with Crippen molar-refractivity contribution >= 4 is 17.9 Å². The molecule has 0 heterocycles. The van der Waals surface area contributed by atoms with Gasteiger partial charge in [-0.25, -0.2) is 4.79 Å². The second-order valence-electron chi connectivity index (χ2n) is 4.20. The van der Waals surface area contributed by atoms with Gasteiger partial charge in [0.2, 0.25) is 0 Å². The quantitative estimate of drug-likeness (QED) is 0.365. The number of aldehydes is 1. The van der Waals surface area contributed by atoms with E-state index in [-0.39, 0.29) is 17.9 Å². The maximum atomic E-state index is 11.8. The number of esters is 1. The van der Waals surface area contributed by atoms with Gasteiger partial charge in [-0.1, -0.05) is 18.2 Å². The number of ether oxygens (including phenoxy) is 1. The Kier molecular flexibility index (Phi) is 4.40. The Labute approximate surface area is 120 Å². The molecule has 6 nitrogen and oxygen atoms in total. The van der Waals surface area contributed by atoms with Crippen LogP contribution in [0.1, 0.15) is 26.3 Å². The van der Waals surface area contributed by atoms with Crippen LogP contribution in [-0.4, -0.2) is 17.2 Å². The van der Waals surface area contributed by atoms with Crippen LogP contribution < -0.4 is 0 Å². The van der Waals surface area contributed by atoms with Gasteiger partial charge in [-0.2, -0.15) is 0 Å². The van der Waals surface area contributed by atoms with Gasteiger partial charge in [0.1, 0.15) is 12.9 Å². The third-order valence-corrected chi connectivity index (χ3v) is 2.83. The molecule has 6 heteroatoms. The Balaban J connectivity index is 2.15. The van der Waals surface area contributed by atoms with E-state index in [4.69, 9.17) is 4.74 Å². The Morgan fingerprint density at radius 1 is 1.19 bits per heavy atom. The second-order valence-corrected chi connectivity index (χ2v) is 4.20. The van der Waals surface area contributed by atoms with E-state index in [9.17, 15) is 19.7 Å². The summed E-state index contributed by atoms with van der Waals surface area (Å²) in [6, 6.07) is 12.1. The molecular weight excluding hydrogens is 274 g/mol. The molecule has 0 N–H and O–H groups in total. The molecule has 2 rings (SSSR count). The van der Waals surface area contributed by atoms with Crippen molar-refractivity contribution in [3.8, 4) is 0 Å². The number of non-ortho nitro benzene ring substituents is 1. The number of nitro benzene ring substituents is 1. The van der Waals surface area contributed by atoms with Crippen LogP contribution in [0.5, 0.6) is 0 Å². The number of nitro groups is 1. The first-order valence-corrected chi connectivity index (χ1v) is 6.06. The second kappa shape index (κ2) is 6.42. The van der Waals surface area contributed by atoms with Crippen LogP contribution in [0.3, 0.4) is 0 Å². The van der Waals surface area contributed by atoms with Gasteiger partial charge < -0.3 is 4.74 Å². The first kappa shape index (κ1) is 14.4. The van der Waals surface area contributed by atoms with Crippen molar-refractivity contribution in [2.24, 2.45) is 0 Å². The molecule has 0 saturated heterocycles. The highest BCUT2D eigenvalue weighted by Crippen LogP contribution is 2.18. The Bertz CT molecular complexity index is 682. The van der Waals surface area contributed by atoms with Crippen molar-refractivity contribution in [2.75, 3.05) is 0 Å². The van der Waals surface area contributed by atoms with E-state index in [0.717, 1.165) is 0 Å². The summed E-state index contributed by atoms with van der Waals surface area (Å²) >= 11 is 0. The van der Waals surface area contributed by atoms with Crippen molar-refractivity contribution in [1.29, 1.82) is 0 Å². The Morgan fingerprint density at radius 2 is 1.90 bits per heavy atom. The highest BCUT2D eigenvalue weighted by atomic mass is 16.6. The molecule has 0 aliphatic rings. The largest absolute Gasteiger partial charge is 0.457 e. The van der Waals surface area contributed by atoms with Crippen LogP contribution in [0.25, 0.3) is 0 Å². The number of benzene rings is 2. The van der Waals surface area contributed by atoms with E-state index >= 15 is 0 Å². The highest BCUT2D eigenvalue weighted by molar-refractivity contribution is 5.89. The highest BCUT2D eigenvalue weighted by Gasteiger charge is 2.13. The predicted molar refractivity (Wildman–Crippen MR) is 74.0 cm³/mol. The predicted octanol–water partition coefficient (Wildman–Crippen LogP) is 2.76. The van der Waals surface area contributed by atoms with Crippen molar-refractivity contribution in [1.82, 2.24) is 0 Å². The number of hydrogen-bond acceptors (Lipinski definition) is 5. The zero-order valence-corrected chi connectivity index (χ0v) is 10.9. The molecule has 0 bridgehead atoms. The van der Waals surface area contributed by atoms with Gasteiger partial charge >= 0.3 is 5.97 Å². The van der Waals surface area contributed by atoms with E-state index in [1.807, 2.05) is 0 Å². The van der Waals surface area contributed by atoms with Gasteiger partial charge in [0.05, 0.1) is 10.5 Å². The third kappa shape index (κ3) is 3.50. The summed E-state index contributed by atoms with van der Waals surface area (Å²) < 4.78 is 5.07. The van der Waals surface area contributed by atoms with Crippen LogP contribution in [0.15, 0.2) is 48.5 Å². The van der Waals surface area contributed by atoms with Crippen molar-refractivity contribution in [3.05, 3.63) is 75.3 Å². The molecule has 2 aromatic rings. The fourth-order valence-corrected chi connectivity index (χ4v) is 1.75. The minimum atomic E-state index is -0.572. The molecule has 2 aromatic carbocycles. The molecule has 0 spiro atoms. The first-order chi connectivity index (χ1) is 10.1. The van der Waals surface area contributed by atoms with Crippen LogP contribution in [-0.2, 0) is 11.3 Å². The third-order valence-electron chi connectivity index (χ3n) is 2.83. The van der Waals surface area contributed by atoms with E-state index < -0.39 is 10.9 Å². The molecule has 0 saturated carbocycles. The average molecular weight is 285 g/mol. The standard InChI is InChI=1S/C15H11NO5/c17-9-12-6-7-14(16(19)20)8-13(12)10-21-15(18)11-4-2-1-3-5-11/h1-9H,10H2. The molecule has 21 heavy (non-hydrogen) atoms. The molecule has 0 aliphatic heterocycles. The van der Waals surface area contributed by atoms with Crippen molar-refractivity contribution < 1.29 is 19.2 Å². The van der Waals surface area contributed by atoms with Crippen LogP contribution in [0, 0.1) is 10.1 Å². The summed E-state index contributed by atoms with van der Waals surface area (Å²) in [7, 11) is 0. The van der Waals surface area contributed by atoms with E-state index in [1.165, 1.54) is 18.2 Å². The summed E-state index contributed by atoms with van der Waals surface area (Å²) in [6.45, 7) is -0.205. The normalized spacial score (nSPS) is 9.90. The lowest BCUT2D eigenvalue weighted by Crippen LogP contribution is -2.06. The molecule has 0 amide bonds. The van der Waals surface area contributed by atoms with Gasteiger partial charge in [-0.3, -0.25) is 14.9 Å². The van der Waals surface area contributed by atoms with Crippen LogP contribution >= 0.6 is 0 Å². The first-order valence-electron chi connectivity index (χ1n) is 6.06. The monoisotopic (exact) mass is 285 g/mol. The number of rotatable bonds is 5. The van der Waals surface area contributed by atoms with Gasteiger partial charge in [0, 0.05) is 23.3 Å². The lowest BCUT2D eigenvalue weighted by atomic mass is 10.1. The minimum Gasteiger partial charge on any atom is -0.457 e. The molecule has 106 valence electrons. The minimum absolute atomic E-state index is 0.161. The summed E-state index contributed by atoms with van der Waals surface area (Å²) in [5, 5.41) is 10.7. The summed E-state index contributed by atoms with van der Waals surface area (Å²) in [6.07, 6.45) is 0.565. The van der Waals surface area contributed by atoms with Gasteiger partial charge in [0.15, 0.2) is 0 Å². The maximum Gasteiger partial charge on any atom is 0.338 e. The van der Waals surface area contributed by atoms with Gasteiger partial charge in [-0.05, 0) is 18.2 Å². The number of hydrogen-bond donors (Lipinski definition) is 0. The lowest BCUT2D eigenvalue weighted by Gasteiger charge is -2.07. The fraction of sp³-hybridized carbons (Fsp3) is 0.0667.